The number of rotatable bonds is 6. The van der Waals surface area contributed by atoms with Crippen LogP contribution in [0.15, 0.2) is 42.5 Å². The van der Waals surface area contributed by atoms with E-state index in [1.807, 2.05) is 12.1 Å². The Morgan fingerprint density at radius 1 is 1.33 bits per heavy atom. The Hall–Kier alpha value is -3.39. The van der Waals surface area contributed by atoms with Gasteiger partial charge in [-0.25, -0.2) is 4.79 Å². The second-order valence-electron chi connectivity index (χ2n) is 5.64. The Morgan fingerprint density at radius 2 is 2.15 bits per heavy atom. The minimum Gasteiger partial charge on any atom is -0.496 e. The van der Waals surface area contributed by atoms with E-state index in [1.165, 1.54) is 18.2 Å². The van der Waals surface area contributed by atoms with E-state index in [-0.39, 0.29) is 25.7 Å². The van der Waals surface area contributed by atoms with Crippen LogP contribution in [-0.2, 0) is 27.5 Å². The molecule has 0 bridgehead atoms. The molecule has 0 aliphatic carbocycles. The highest BCUT2D eigenvalue weighted by atomic mass is 16.7. The predicted molar refractivity (Wildman–Crippen MR) is 95.2 cm³/mol. The predicted octanol–water partition coefficient (Wildman–Crippen LogP) is 3.23. The third-order valence-corrected chi connectivity index (χ3v) is 3.89. The van der Waals surface area contributed by atoms with E-state index < -0.39 is 10.9 Å². The number of fused-ring (bicyclic) bond motifs is 1. The Labute approximate surface area is 155 Å². The lowest BCUT2D eigenvalue weighted by Gasteiger charge is -2.20. The molecule has 1 heterocycles. The molecular formula is C19H17NO7. The summed E-state index contributed by atoms with van der Waals surface area (Å²) in [6.07, 6.45) is 2.85. The van der Waals surface area contributed by atoms with Crippen molar-refractivity contribution in [3.8, 4) is 11.5 Å². The quantitative estimate of drug-likeness (QED) is 0.333. The van der Waals surface area contributed by atoms with E-state index in [4.69, 9.17) is 18.9 Å². The molecule has 8 heteroatoms. The van der Waals surface area contributed by atoms with Gasteiger partial charge < -0.3 is 18.9 Å². The second kappa shape index (κ2) is 8.33. The molecule has 1 aliphatic rings. The van der Waals surface area contributed by atoms with Crippen LogP contribution in [0.5, 0.6) is 11.5 Å². The van der Waals surface area contributed by atoms with E-state index in [9.17, 15) is 14.9 Å². The monoisotopic (exact) mass is 371 g/mol. The summed E-state index contributed by atoms with van der Waals surface area (Å²) in [6.45, 7) is 0.0875. The minimum atomic E-state index is -0.590. The smallest absolute Gasteiger partial charge is 0.331 e. The lowest BCUT2D eigenvalue weighted by atomic mass is 10.1. The zero-order chi connectivity index (χ0) is 19.2. The third kappa shape index (κ3) is 4.42. The molecule has 0 atom stereocenters. The second-order valence-corrected chi connectivity index (χ2v) is 5.64. The van der Waals surface area contributed by atoms with Crippen LogP contribution in [-0.4, -0.2) is 24.8 Å². The van der Waals surface area contributed by atoms with Crippen molar-refractivity contribution >= 4 is 17.7 Å². The van der Waals surface area contributed by atoms with Crippen LogP contribution in [0.1, 0.15) is 16.7 Å². The lowest BCUT2D eigenvalue weighted by Crippen LogP contribution is -2.14. The highest BCUT2D eigenvalue weighted by molar-refractivity contribution is 5.87. The average molecular weight is 371 g/mol. The molecule has 140 valence electrons. The molecule has 0 N–H and O–H groups in total. The standard InChI is InChI=1S/C19H17NO7/c1-24-17-5-3-2-4-13(17)6-7-18(21)26-11-15-9-16(20(22)23)8-14-10-25-12-27-19(14)15/h2-9H,10-12H2,1H3/b7-6+. The van der Waals surface area contributed by atoms with Crippen molar-refractivity contribution in [3.63, 3.8) is 0 Å². The fourth-order valence-corrected chi connectivity index (χ4v) is 2.65. The fraction of sp³-hybridized carbons (Fsp3) is 0.211. The number of nitrogens with zero attached hydrogens (tertiary/aromatic N) is 1. The van der Waals surface area contributed by atoms with Gasteiger partial charge in [-0.1, -0.05) is 18.2 Å². The number of carbonyl (C=O) groups excluding carboxylic acids is 1. The largest absolute Gasteiger partial charge is 0.496 e. The molecule has 0 aromatic heterocycles. The number of benzene rings is 2. The van der Waals surface area contributed by atoms with Crippen LogP contribution in [0, 0.1) is 10.1 Å². The maximum absolute atomic E-state index is 12.0. The Balaban J connectivity index is 1.72. The van der Waals surface area contributed by atoms with Crippen LogP contribution in [0.25, 0.3) is 6.08 Å². The van der Waals surface area contributed by atoms with Gasteiger partial charge in [-0.05, 0) is 12.1 Å². The van der Waals surface area contributed by atoms with Crippen LogP contribution in [0.2, 0.25) is 0 Å². The number of non-ortho nitro benzene ring substituents is 1. The van der Waals surface area contributed by atoms with Gasteiger partial charge in [0.05, 0.1) is 18.6 Å². The maximum Gasteiger partial charge on any atom is 0.331 e. The molecule has 0 spiro atoms. The zero-order valence-electron chi connectivity index (χ0n) is 14.5. The summed E-state index contributed by atoms with van der Waals surface area (Å²) in [5, 5.41) is 11.1. The maximum atomic E-state index is 12.0. The van der Waals surface area contributed by atoms with Gasteiger partial charge in [-0.3, -0.25) is 10.1 Å². The summed E-state index contributed by atoms with van der Waals surface area (Å²) in [6, 6.07) is 9.95. The third-order valence-electron chi connectivity index (χ3n) is 3.89. The Kier molecular flexibility index (Phi) is 5.68. The number of ether oxygens (including phenoxy) is 4. The van der Waals surface area contributed by atoms with E-state index in [0.717, 1.165) is 5.56 Å². The minimum absolute atomic E-state index is 0.0411. The number of para-hydroxylation sites is 1. The highest BCUT2D eigenvalue weighted by Crippen LogP contribution is 2.33. The van der Waals surface area contributed by atoms with Gasteiger partial charge in [0.15, 0.2) is 6.79 Å². The van der Waals surface area contributed by atoms with Gasteiger partial charge in [0.1, 0.15) is 18.1 Å². The molecule has 0 unspecified atom stereocenters. The first-order valence-corrected chi connectivity index (χ1v) is 8.07. The normalized spacial score (nSPS) is 12.9. The summed E-state index contributed by atoms with van der Waals surface area (Å²) in [5.74, 6) is 0.490. The van der Waals surface area contributed by atoms with Crippen LogP contribution in [0.4, 0.5) is 5.69 Å². The summed E-state index contributed by atoms with van der Waals surface area (Å²) in [4.78, 5) is 22.6. The van der Waals surface area contributed by atoms with Crippen molar-refractivity contribution in [1.82, 2.24) is 0 Å². The van der Waals surface area contributed by atoms with Crippen molar-refractivity contribution < 1.29 is 28.7 Å². The first-order chi connectivity index (χ1) is 13.1. The van der Waals surface area contributed by atoms with Crippen LogP contribution >= 0.6 is 0 Å². The van der Waals surface area contributed by atoms with E-state index in [2.05, 4.69) is 0 Å². The first kappa shape index (κ1) is 18.4. The van der Waals surface area contributed by atoms with Crippen molar-refractivity contribution in [2.45, 2.75) is 13.2 Å². The lowest BCUT2D eigenvalue weighted by molar-refractivity contribution is -0.385. The van der Waals surface area contributed by atoms with Gasteiger partial charge in [-0.15, -0.1) is 0 Å². The number of hydrogen-bond donors (Lipinski definition) is 0. The fourth-order valence-electron chi connectivity index (χ4n) is 2.65. The summed E-state index contributed by atoms with van der Waals surface area (Å²) < 4.78 is 21.0. The number of carbonyl (C=O) groups is 1. The molecule has 27 heavy (non-hydrogen) atoms. The van der Waals surface area contributed by atoms with Gasteiger partial charge in [0, 0.05) is 34.9 Å². The van der Waals surface area contributed by atoms with Gasteiger partial charge in [0.2, 0.25) is 0 Å². The van der Waals surface area contributed by atoms with E-state index in [1.54, 1.807) is 25.3 Å². The number of nitro groups is 1. The first-order valence-electron chi connectivity index (χ1n) is 8.07. The topological polar surface area (TPSA) is 97.1 Å². The summed E-state index contributed by atoms with van der Waals surface area (Å²) in [5.41, 5.74) is 1.58. The molecule has 8 nitrogen and oxygen atoms in total. The van der Waals surface area contributed by atoms with Crippen LogP contribution < -0.4 is 9.47 Å². The molecule has 3 rings (SSSR count). The molecule has 0 fully saturated rings. The molecular weight excluding hydrogens is 354 g/mol. The number of esters is 1. The molecule has 0 amide bonds. The summed E-state index contributed by atoms with van der Waals surface area (Å²) >= 11 is 0. The Bertz CT molecular complexity index is 892. The zero-order valence-corrected chi connectivity index (χ0v) is 14.5. The SMILES string of the molecule is COc1ccccc1/C=C/C(=O)OCc1cc([N+](=O)[O-])cc2c1OCOC2. The van der Waals surface area contributed by atoms with Crippen LogP contribution in [0.3, 0.4) is 0 Å². The molecule has 0 saturated carbocycles. The van der Waals surface area contributed by atoms with Crippen molar-refractivity contribution in [2.75, 3.05) is 13.9 Å². The van der Waals surface area contributed by atoms with E-state index >= 15 is 0 Å². The van der Waals surface area contributed by atoms with E-state index in [0.29, 0.717) is 22.6 Å². The summed E-state index contributed by atoms with van der Waals surface area (Å²) in [7, 11) is 1.54. The molecule has 0 radical (unpaired) electrons. The highest BCUT2D eigenvalue weighted by Gasteiger charge is 2.21. The van der Waals surface area contributed by atoms with Crippen molar-refractivity contribution in [2.24, 2.45) is 0 Å². The molecule has 2 aromatic rings. The van der Waals surface area contributed by atoms with Gasteiger partial charge in [-0.2, -0.15) is 0 Å². The number of methoxy groups -OCH3 is 1. The number of nitro benzene ring substituents is 1. The van der Waals surface area contributed by atoms with Gasteiger partial charge >= 0.3 is 5.97 Å². The molecule has 1 aliphatic heterocycles. The molecule has 0 saturated heterocycles. The number of hydrogen-bond acceptors (Lipinski definition) is 7. The van der Waals surface area contributed by atoms with Gasteiger partial charge in [0.25, 0.3) is 5.69 Å². The van der Waals surface area contributed by atoms with Crippen molar-refractivity contribution in [1.29, 1.82) is 0 Å². The Morgan fingerprint density at radius 3 is 2.93 bits per heavy atom. The average Bonchev–Trinajstić information content (AvgIpc) is 2.70. The molecule has 2 aromatic carbocycles. The van der Waals surface area contributed by atoms with Crippen molar-refractivity contribution in [3.05, 3.63) is 69.3 Å².